The molecule has 1 heterocycles. The number of nitrogens with two attached hydrogens (primary N) is 1. The summed E-state index contributed by atoms with van der Waals surface area (Å²) in [6, 6.07) is 3.06. The van der Waals surface area contributed by atoms with E-state index in [9.17, 15) is 4.39 Å². The van der Waals surface area contributed by atoms with Gasteiger partial charge in [0.2, 0.25) is 5.95 Å². The van der Waals surface area contributed by atoms with Crippen LogP contribution in [0.15, 0.2) is 16.6 Å². The number of anilines is 1. The first-order chi connectivity index (χ1) is 9.49. The van der Waals surface area contributed by atoms with Crippen molar-refractivity contribution in [1.82, 2.24) is 14.5 Å². The fourth-order valence-corrected chi connectivity index (χ4v) is 2.21. The van der Waals surface area contributed by atoms with Crippen molar-refractivity contribution in [2.45, 2.75) is 6.54 Å². The quantitative estimate of drug-likeness (QED) is 0.815. The third-order valence-electron chi connectivity index (χ3n) is 2.96. The van der Waals surface area contributed by atoms with E-state index in [0.29, 0.717) is 35.7 Å². The number of ether oxygens (including phenoxy) is 1. The number of hydrogen-bond acceptors (Lipinski definition) is 4. The summed E-state index contributed by atoms with van der Waals surface area (Å²) in [4.78, 5) is 6.21. The van der Waals surface area contributed by atoms with Crippen molar-refractivity contribution < 1.29 is 9.13 Å². The molecular formula is C13H18BrFN4O. The maximum Gasteiger partial charge on any atom is 0.201 e. The van der Waals surface area contributed by atoms with Crippen molar-refractivity contribution in [3.05, 3.63) is 22.4 Å². The molecule has 0 saturated carbocycles. The molecule has 110 valence electrons. The average Bonchev–Trinajstić information content (AvgIpc) is 2.65. The Labute approximate surface area is 125 Å². The van der Waals surface area contributed by atoms with Crippen LogP contribution in [0.3, 0.4) is 0 Å². The molecule has 2 rings (SSSR count). The first kappa shape index (κ1) is 15.2. The van der Waals surface area contributed by atoms with Gasteiger partial charge in [-0.25, -0.2) is 9.37 Å². The molecule has 0 atom stereocenters. The van der Waals surface area contributed by atoms with E-state index in [0.717, 1.165) is 12.1 Å². The zero-order valence-corrected chi connectivity index (χ0v) is 13.2. The molecule has 0 spiro atoms. The second-order valence-electron chi connectivity index (χ2n) is 4.79. The normalized spacial score (nSPS) is 11.7. The summed E-state index contributed by atoms with van der Waals surface area (Å²) in [7, 11) is 3.99. The number of rotatable bonds is 6. The van der Waals surface area contributed by atoms with Crippen LogP contribution in [0.25, 0.3) is 11.0 Å². The molecule has 0 amide bonds. The van der Waals surface area contributed by atoms with Crippen molar-refractivity contribution in [1.29, 1.82) is 0 Å². The smallest absolute Gasteiger partial charge is 0.201 e. The van der Waals surface area contributed by atoms with E-state index in [2.05, 4.69) is 25.8 Å². The SMILES string of the molecule is CN(C)CCOCCn1c(N)nc2cc(F)c(Br)cc21. The van der Waals surface area contributed by atoms with Crippen LogP contribution in [-0.2, 0) is 11.3 Å². The lowest BCUT2D eigenvalue weighted by molar-refractivity contribution is 0.112. The Bertz CT molecular complexity index is 600. The minimum atomic E-state index is -0.343. The van der Waals surface area contributed by atoms with Crippen LogP contribution in [0.5, 0.6) is 0 Å². The molecule has 0 fully saturated rings. The van der Waals surface area contributed by atoms with Crippen LogP contribution < -0.4 is 5.73 Å². The van der Waals surface area contributed by atoms with Gasteiger partial charge in [-0.2, -0.15) is 0 Å². The highest BCUT2D eigenvalue weighted by molar-refractivity contribution is 9.10. The number of nitrogens with zero attached hydrogens (tertiary/aromatic N) is 3. The molecule has 1 aromatic carbocycles. The Morgan fingerprint density at radius 1 is 1.40 bits per heavy atom. The molecule has 5 nitrogen and oxygen atoms in total. The second-order valence-corrected chi connectivity index (χ2v) is 5.65. The summed E-state index contributed by atoms with van der Waals surface area (Å²) < 4.78 is 21.2. The van der Waals surface area contributed by atoms with Gasteiger partial charge in [-0.05, 0) is 36.1 Å². The van der Waals surface area contributed by atoms with Crippen LogP contribution in [0, 0.1) is 5.82 Å². The van der Waals surface area contributed by atoms with Crippen molar-refractivity contribution in [3.8, 4) is 0 Å². The first-order valence-electron chi connectivity index (χ1n) is 6.32. The molecule has 2 aromatic rings. The van der Waals surface area contributed by atoms with Gasteiger partial charge < -0.3 is 19.9 Å². The zero-order valence-electron chi connectivity index (χ0n) is 11.6. The van der Waals surface area contributed by atoms with Crippen molar-refractivity contribution in [2.24, 2.45) is 0 Å². The van der Waals surface area contributed by atoms with Crippen LogP contribution in [0.1, 0.15) is 0 Å². The Morgan fingerprint density at radius 3 is 2.85 bits per heavy atom. The molecule has 0 aliphatic rings. The summed E-state index contributed by atoms with van der Waals surface area (Å²) in [5.74, 6) is 0.0260. The van der Waals surface area contributed by atoms with E-state index >= 15 is 0 Å². The number of likely N-dealkylation sites (N-methyl/N-ethyl adjacent to an activating group) is 1. The first-order valence-corrected chi connectivity index (χ1v) is 7.11. The van der Waals surface area contributed by atoms with Gasteiger partial charge in [0.15, 0.2) is 0 Å². The van der Waals surface area contributed by atoms with Crippen molar-refractivity contribution in [3.63, 3.8) is 0 Å². The largest absolute Gasteiger partial charge is 0.378 e. The minimum absolute atomic E-state index is 0.343. The van der Waals surface area contributed by atoms with Gasteiger partial charge in [0.25, 0.3) is 0 Å². The molecule has 0 bridgehead atoms. The van der Waals surface area contributed by atoms with E-state index in [1.165, 1.54) is 6.07 Å². The minimum Gasteiger partial charge on any atom is -0.378 e. The van der Waals surface area contributed by atoms with Crippen LogP contribution in [-0.4, -0.2) is 48.3 Å². The van der Waals surface area contributed by atoms with Gasteiger partial charge in [-0.15, -0.1) is 0 Å². The third kappa shape index (κ3) is 3.47. The Morgan fingerprint density at radius 2 is 2.15 bits per heavy atom. The lowest BCUT2D eigenvalue weighted by atomic mass is 10.3. The second kappa shape index (κ2) is 6.51. The summed E-state index contributed by atoms with van der Waals surface area (Å²) in [5.41, 5.74) is 7.22. The number of aromatic nitrogens is 2. The van der Waals surface area contributed by atoms with Gasteiger partial charge in [0.05, 0.1) is 28.7 Å². The Kier molecular flexibility index (Phi) is 4.95. The molecule has 0 aliphatic heterocycles. The van der Waals surface area contributed by atoms with Gasteiger partial charge in [0, 0.05) is 19.2 Å². The Hall–Kier alpha value is -1.18. The zero-order chi connectivity index (χ0) is 14.7. The van der Waals surface area contributed by atoms with E-state index in [4.69, 9.17) is 10.5 Å². The number of nitrogen functional groups attached to an aromatic ring is 1. The molecule has 1 aromatic heterocycles. The number of benzene rings is 1. The third-order valence-corrected chi connectivity index (χ3v) is 3.57. The number of fused-ring (bicyclic) bond motifs is 1. The van der Waals surface area contributed by atoms with Crippen molar-refractivity contribution in [2.75, 3.05) is 39.6 Å². The molecule has 0 saturated heterocycles. The van der Waals surface area contributed by atoms with Crippen LogP contribution in [0.4, 0.5) is 10.3 Å². The summed E-state index contributed by atoms with van der Waals surface area (Å²) >= 11 is 3.18. The molecule has 20 heavy (non-hydrogen) atoms. The number of hydrogen-bond donors (Lipinski definition) is 1. The van der Waals surface area contributed by atoms with Gasteiger partial charge in [0.1, 0.15) is 5.82 Å². The summed E-state index contributed by atoms with van der Waals surface area (Å²) in [5, 5.41) is 0. The molecule has 0 aliphatic carbocycles. The molecule has 2 N–H and O–H groups in total. The van der Waals surface area contributed by atoms with E-state index in [1.807, 2.05) is 18.7 Å². The lowest BCUT2D eigenvalue weighted by Crippen LogP contribution is -2.19. The predicted octanol–water partition coefficient (Wildman–Crippen LogP) is 2.10. The van der Waals surface area contributed by atoms with E-state index in [-0.39, 0.29) is 5.82 Å². The van der Waals surface area contributed by atoms with Crippen LogP contribution in [0.2, 0.25) is 0 Å². The monoisotopic (exact) mass is 344 g/mol. The highest BCUT2D eigenvalue weighted by Gasteiger charge is 2.11. The Balaban J connectivity index is 2.06. The molecule has 7 heteroatoms. The van der Waals surface area contributed by atoms with E-state index < -0.39 is 0 Å². The topological polar surface area (TPSA) is 56.3 Å². The fraction of sp³-hybridized carbons (Fsp3) is 0.462. The molecular weight excluding hydrogens is 327 g/mol. The highest BCUT2D eigenvalue weighted by Crippen LogP contribution is 2.24. The standard InChI is InChI=1S/C13H18BrFN4O/c1-18(2)3-5-20-6-4-19-12-7-9(14)10(15)8-11(12)17-13(19)16/h7-8H,3-6H2,1-2H3,(H2,16,17). The van der Waals surface area contributed by atoms with Crippen molar-refractivity contribution >= 4 is 32.9 Å². The molecule has 0 radical (unpaired) electrons. The lowest BCUT2D eigenvalue weighted by Gasteiger charge is -2.11. The number of halogens is 2. The van der Waals surface area contributed by atoms with Crippen LogP contribution >= 0.6 is 15.9 Å². The highest BCUT2D eigenvalue weighted by atomic mass is 79.9. The number of imidazole rings is 1. The van der Waals surface area contributed by atoms with Gasteiger partial charge in [-0.1, -0.05) is 0 Å². The van der Waals surface area contributed by atoms with E-state index in [1.54, 1.807) is 6.07 Å². The predicted molar refractivity (Wildman–Crippen MR) is 81.2 cm³/mol. The summed E-state index contributed by atoms with van der Waals surface area (Å²) in [6.45, 7) is 2.67. The molecule has 0 unspecified atom stereocenters. The van der Waals surface area contributed by atoms with Gasteiger partial charge in [-0.3, -0.25) is 0 Å². The average molecular weight is 345 g/mol. The van der Waals surface area contributed by atoms with Gasteiger partial charge >= 0.3 is 0 Å². The fourth-order valence-electron chi connectivity index (χ4n) is 1.88. The maximum absolute atomic E-state index is 13.5. The summed E-state index contributed by atoms with van der Waals surface area (Å²) in [6.07, 6.45) is 0. The maximum atomic E-state index is 13.5.